The summed E-state index contributed by atoms with van der Waals surface area (Å²) in [6, 6.07) is 13.9. The van der Waals surface area contributed by atoms with Gasteiger partial charge < -0.3 is 5.32 Å². The normalized spacial score (nSPS) is 20.9. The van der Waals surface area contributed by atoms with Crippen LogP contribution in [0.15, 0.2) is 47.8 Å². The molecule has 1 atom stereocenters. The average molecular weight is 433 g/mol. The molecule has 1 aliphatic heterocycles. The Morgan fingerprint density at radius 2 is 2.00 bits per heavy atom. The third-order valence-corrected chi connectivity index (χ3v) is 8.62. The molecule has 8 heteroatoms. The highest BCUT2D eigenvalue weighted by atomic mass is 32.2. The fourth-order valence-electron chi connectivity index (χ4n) is 3.42. The molecule has 1 saturated heterocycles. The van der Waals surface area contributed by atoms with Crippen molar-refractivity contribution in [2.45, 2.75) is 25.3 Å². The lowest BCUT2D eigenvalue weighted by atomic mass is 10.0. The van der Waals surface area contributed by atoms with Crippen LogP contribution >= 0.6 is 22.7 Å². The van der Waals surface area contributed by atoms with Crippen LogP contribution in [0.25, 0.3) is 21.1 Å². The van der Waals surface area contributed by atoms with Crippen LogP contribution in [0.3, 0.4) is 0 Å². The average Bonchev–Trinajstić information content (AvgIpc) is 3.35. The van der Waals surface area contributed by atoms with Crippen LogP contribution in [-0.2, 0) is 21.1 Å². The van der Waals surface area contributed by atoms with Gasteiger partial charge in [0.25, 0.3) is 0 Å². The minimum absolute atomic E-state index is 0.00147. The van der Waals surface area contributed by atoms with Gasteiger partial charge in [-0.15, -0.1) is 22.7 Å². The predicted molar refractivity (Wildman–Crippen MR) is 114 cm³/mol. The number of carbonyl (C=O) groups excluding carboxylic acids is 1. The molecule has 3 heterocycles. The summed E-state index contributed by atoms with van der Waals surface area (Å²) in [6.07, 6.45) is 0.643. The maximum atomic E-state index is 12.7. The highest BCUT2D eigenvalue weighted by molar-refractivity contribution is 7.91. The van der Waals surface area contributed by atoms with Crippen molar-refractivity contribution in [1.29, 1.82) is 0 Å². The highest BCUT2D eigenvalue weighted by Crippen LogP contribution is 2.36. The maximum absolute atomic E-state index is 12.7. The smallest absolute Gasteiger partial charge is 0.225 e. The molecule has 146 valence electrons. The van der Waals surface area contributed by atoms with E-state index in [1.807, 2.05) is 47.8 Å². The second kappa shape index (κ2) is 7.42. The molecular formula is C20H20N2O3S3. The summed E-state index contributed by atoms with van der Waals surface area (Å²) in [4.78, 5) is 19.4. The summed E-state index contributed by atoms with van der Waals surface area (Å²) in [5.41, 5.74) is 1.16. The number of rotatable bonds is 5. The molecular weight excluding hydrogens is 412 g/mol. The van der Waals surface area contributed by atoms with Gasteiger partial charge in [-0.05, 0) is 24.8 Å². The van der Waals surface area contributed by atoms with Crippen molar-refractivity contribution >= 4 is 38.4 Å². The number of thiazole rings is 1. The topological polar surface area (TPSA) is 76.1 Å². The maximum Gasteiger partial charge on any atom is 0.225 e. The van der Waals surface area contributed by atoms with Crippen molar-refractivity contribution in [3.8, 4) is 21.1 Å². The first-order valence-corrected chi connectivity index (χ1v) is 12.5. The van der Waals surface area contributed by atoms with Crippen molar-refractivity contribution in [3.05, 3.63) is 52.7 Å². The fraction of sp³-hybridized carbons (Fsp3) is 0.300. The van der Waals surface area contributed by atoms with E-state index < -0.39 is 15.4 Å². The number of aromatic nitrogens is 1. The number of sulfone groups is 1. The van der Waals surface area contributed by atoms with Crippen LogP contribution in [0, 0.1) is 0 Å². The molecule has 1 amide bonds. The first-order chi connectivity index (χ1) is 13.3. The summed E-state index contributed by atoms with van der Waals surface area (Å²) in [6.45, 7) is 1.80. The molecule has 0 unspecified atom stereocenters. The Morgan fingerprint density at radius 3 is 2.64 bits per heavy atom. The van der Waals surface area contributed by atoms with Crippen LogP contribution in [0.2, 0.25) is 0 Å². The zero-order chi connectivity index (χ0) is 19.8. The Hall–Kier alpha value is -2.03. The SMILES string of the molecule is C[C@]1(NC(=O)Cc2sc(-c3ccccc3)nc2-c2cccs2)CCS(=O)(=O)C1. The zero-order valence-electron chi connectivity index (χ0n) is 15.3. The number of nitrogens with one attached hydrogen (secondary N) is 1. The van der Waals surface area contributed by atoms with Crippen molar-refractivity contribution in [3.63, 3.8) is 0 Å². The predicted octanol–water partition coefficient (Wildman–Crippen LogP) is 3.77. The molecule has 0 aliphatic carbocycles. The van der Waals surface area contributed by atoms with Gasteiger partial charge in [0.1, 0.15) is 5.01 Å². The van der Waals surface area contributed by atoms with Crippen molar-refractivity contribution < 1.29 is 13.2 Å². The number of hydrogen-bond donors (Lipinski definition) is 1. The van der Waals surface area contributed by atoms with Crippen molar-refractivity contribution in [2.75, 3.05) is 11.5 Å². The number of thiophene rings is 1. The summed E-state index contributed by atoms with van der Waals surface area (Å²) in [7, 11) is -3.07. The lowest BCUT2D eigenvalue weighted by Crippen LogP contribution is -2.47. The second-order valence-electron chi connectivity index (χ2n) is 7.26. The molecule has 5 nitrogen and oxygen atoms in total. The molecule has 1 aliphatic rings. The van der Waals surface area contributed by atoms with E-state index >= 15 is 0 Å². The van der Waals surface area contributed by atoms with E-state index in [1.165, 1.54) is 11.3 Å². The quantitative estimate of drug-likeness (QED) is 0.666. The lowest BCUT2D eigenvalue weighted by molar-refractivity contribution is -0.121. The van der Waals surface area contributed by atoms with Gasteiger partial charge in [-0.25, -0.2) is 13.4 Å². The molecule has 0 saturated carbocycles. The van der Waals surface area contributed by atoms with E-state index in [9.17, 15) is 13.2 Å². The molecule has 1 aromatic carbocycles. The number of amides is 1. The fourth-order valence-corrected chi connectivity index (χ4v) is 7.40. The monoisotopic (exact) mass is 432 g/mol. The van der Waals surface area contributed by atoms with E-state index in [1.54, 1.807) is 18.3 Å². The van der Waals surface area contributed by atoms with E-state index in [-0.39, 0.29) is 23.8 Å². The Labute approximate surface area is 172 Å². The minimum atomic E-state index is -3.07. The van der Waals surface area contributed by atoms with Gasteiger partial charge in [-0.1, -0.05) is 36.4 Å². The van der Waals surface area contributed by atoms with Gasteiger partial charge in [0.2, 0.25) is 5.91 Å². The van der Waals surface area contributed by atoms with E-state index in [2.05, 4.69) is 5.32 Å². The zero-order valence-corrected chi connectivity index (χ0v) is 17.8. The van der Waals surface area contributed by atoms with Crippen LogP contribution in [0.1, 0.15) is 18.2 Å². The molecule has 2 aromatic heterocycles. The molecule has 0 radical (unpaired) electrons. The Kier molecular flexibility index (Phi) is 5.11. The molecule has 28 heavy (non-hydrogen) atoms. The van der Waals surface area contributed by atoms with Crippen LogP contribution in [0.4, 0.5) is 0 Å². The largest absolute Gasteiger partial charge is 0.350 e. The Balaban J connectivity index is 1.60. The number of hydrogen-bond acceptors (Lipinski definition) is 6. The van der Waals surface area contributed by atoms with Gasteiger partial charge in [0, 0.05) is 10.4 Å². The summed E-state index contributed by atoms with van der Waals surface area (Å²) in [5, 5.41) is 5.81. The van der Waals surface area contributed by atoms with E-state index in [0.29, 0.717) is 6.42 Å². The second-order valence-corrected chi connectivity index (χ2v) is 11.5. The summed E-state index contributed by atoms with van der Waals surface area (Å²) < 4.78 is 23.6. The molecule has 1 fully saturated rings. The van der Waals surface area contributed by atoms with Gasteiger partial charge in [0.05, 0.1) is 34.0 Å². The minimum Gasteiger partial charge on any atom is -0.350 e. The molecule has 1 N–H and O–H groups in total. The first kappa shape index (κ1) is 19.3. The summed E-state index contributed by atoms with van der Waals surface area (Å²) >= 11 is 3.10. The van der Waals surface area contributed by atoms with Crippen molar-refractivity contribution in [2.24, 2.45) is 0 Å². The lowest BCUT2D eigenvalue weighted by Gasteiger charge is -2.23. The Bertz CT molecular complexity index is 1090. The number of nitrogens with zero attached hydrogens (tertiary/aromatic N) is 1. The highest BCUT2D eigenvalue weighted by Gasteiger charge is 2.39. The van der Waals surface area contributed by atoms with Crippen LogP contribution in [0.5, 0.6) is 0 Å². The number of benzene rings is 1. The van der Waals surface area contributed by atoms with Crippen LogP contribution < -0.4 is 5.32 Å². The summed E-state index contributed by atoms with van der Waals surface area (Å²) in [5.74, 6) is -0.0367. The Morgan fingerprint density at radius 1 is 1.21 bits per heavy atom. The van der Waals surface area contributed by atoms with E-state index in [4.69, 9.17) is 4.98 Å². The van der Waals surface area contributed by atoms with Gasteiger partial charge in [0.15, 0.2) is 9.84 Å². The molecule has 3 aromatic rings. The number of carbonyl (C=O) groups is 1. The molecule has 0 spiro atoms. The third kappa shape index (κ3) is 4.19. The van der Waals surface area contributed by atoms with Gasteiger partial charge in [-0.3, -0.25) is 4.79 Å². The van der Waals surface area contributed by atoms with Crippen molar-refractivity contribution in [1.82, 2.24) is 10.3 Å². The third-order valence-electron chi connectivity index (χ3n) is 4.74. The first-order valence-electron chi connectivity index (χ1n) is 8.94. The van der Waals surface area contributed by atoms with Gasteiger partial charge >= 0.3 is 0 Å². The van der Waals surface area contributed by atoms with Gasteiger partial charge in [-0.2, -0.15) is 0 Å². The molecule has 4 rings (SSSR count). The molecule has 0 bridgehead atoms. The van der Waals surface area contributed by atoms with Crippen LogP contribution in [-0.4, -0.2) is 36.4 Å². The van der Waals surface area contributed by atoms with E-state index in [0.717, 1.165) is 26.0 Å². The standard InChI is InChI=1S/C20H20N2O3S3/c1-20(9-11-28(24,25)13-20)22-17(23)12-16-18(15-8-5-10-26-15)21-19(27-16)14-6-3-2-4-7-14/h2-8,10H,9,11-13H2,1H3,(H,22,23)/t20-/m0/s1.